The van der Waals surface area contributed by atoms with Crippen LogP contribution < -0.4 is 0 Å². The summed E-state index contributed by atoms with van der Waals surface area (Å²) in [5.74, 6) is 4.88. The van der Waals surface area contributed by atoms with Crippen molar-refractivity contribution < 1.29 is 7.59 Å². The van der Waals surface area contributed by atoms with Crippen molar-refractivity contribution in [3.63, 3.8) is 0 Å². The van der Waals surface area contributed by atoms with E-state index >= 15 is 0 Å². The van der Waals surface area contributed by atoms with E-state index in [-0.39, 0.29) is 17.7 Å². The van der Waals surface area contributed by atoms with Gasteiger partial charge in [0.15, 0.2) is 0 Å². The van der Waals surface area contributed by atoms with Crippen molar-refractivity contribution in [3.05, 3.63) is 35.4 Å². The van der Waals surface area contributed by atoms with Crippen LogP contribution in [0.25, 0.3) is 0 Å². The summed E-state index contributed by atoms with van der Waals surface area (Å²) in [4.78, 5) is 0. The molecule has 0 radical (unpaired) electrons. The van der Waals surface area contributed by atoms with Gasteiger partial charge in [-0.1, -0.05) is 136 Å². The van der Waals surface area contributed by atoms with Crippen LogP contribution >= 0.6 is 0 Å². The Morgan fingerprint density at radius 2 is 0.794 bits per heavy atom. The summed E-state index contributed by atoms with van der Waals surface area (Å²) in [6, 6.07) is 8.48. The van der Waals surface area contributed by atoms with Gasteiger partial charge in [0.25, 0.3) is 0 Å². The molecule has 2 saturated carbocycles. The minimum absolute atomic E-state index is 0. The third-order valence-electron chi connectivity index (χ3n) is 7.56. The molecule has 1 heterocycles. The van der Waals surface area contributed by atoms with Crippen LogP contribution in [0.4, 0.5) is 0 Å². The highest BCUT2D eigenvalue weighted by molar-refractivity contribution is 5.19. The molecule has 4 rings (SSSR count). The van der Waals surface area contributed by atoms with Crippen molar-refractivity contribution in [1.29, 1.82) is 0 Å². The van der Waals surface area contributed by atoms with E-state index in [9.17, 15) is 0 Å². The molecule has 1 aromatic rings. The van der Waals surface area contributed by atoms with Gasteiger partial charge in [-0.05, 0) is 63.2 Å². The van der Waals surface area contributed by atoms with Crippen LogP contribution in [0, 0.1) is 43.4 Å². The Balaban J connectivity index is -0.000000183. The van der Waals surface area contributed by atoms with E-state index < -0.39 is 0 Å². The molecule has 3 aliphatic rings. The molecule has 0 aromatic heterocycles. The topological polar surface area (TPSA) is 9.23 Å². The van der Waals surface area contributed by atoms with Gasteiger partial charge in [-0.2, -0.15) is 0 Å². The van der Waals surface area contributed by atoms with Crippen molar-refractivity contribution in [2.75, 3.05) is 6.61 Å². The quantitative estimate of drug-likeness (QED) is 0.358. The predicted molar refractivity (Wildman–Crippen MR) is 161 cm³/mol. The van der Waals surface area contributed by atoms with Crippen LogP contribution in [0.5, 0.6) is 0 Å². The third kappa shape index (κ3) is 18.5. The molecule has 34 heavy (non-hydrogen) atoms. The molecular weight excluding hydrogens is 412 g/mol. The highest BCUT2D eigenvalue weighted by Gasteiger charge is 2.14. The van der Waals surface area contributed by atoms with Crippen molar-refractivity contribution in [2.45, 2.75) is 141 Å². The Bertz CT molecular complexity index is 451. The highest BCUT2D eigenvalue weighted by atomic mass is 16.5. The number of hydrogen-bond acceptors (Lipinski definition) is 1. The SMILES string of the molecule is C.C.CC1CCC(C)CC1.CC1CCC(C)CC1.CC1CCC(C)OC1.Cc1ccc(C)cc1.[2HH].[HH]. The zero-order valence-corrected chi connectivity index (χ0v) is 23.0. The van der Waals surface area contributed by atoms with Gasteiger partial charge in [-0.15, -0.1) is 0 Å². The molecule has 0 amide bonds. The molecule has 206 valence electrons. The van der Waals surface area contributed by atoms with E-state index in [0.29, 0.717) is 6.10 Å². The molecule has 1 aromatic carbocycles. The molecular formula is C33H68O. The summed E-state index contributed by atoms with van der Waals surface area (Å²) in [6.07, 6.45) is 14.9. The monoisotopic (exact) mass is 482 g/mol. The number of rotatable bonds is 0. The summed E-state index contributed by atoms with van der Waals surface area (Å²) in [5, 5.41) is 0. The maximum absolute atomic E-state index is 5.39. The van der Waals surface area contributed by atoms with Crippen LogP contribution in [-0.4, -0.2) is 12.7 Å². The molecule has 1 saturated heterocycles. The second-order valence-electron chi connectivity index (χ2n) is 11.7. The van der Waals surface area contributed by atoms with Crippen LogP contribution in [-0.2, 0) is 4.74 Å². The second-order valence-corrected chi connectivity index (χ2v) is 11.7. The van der Waals surface area contributed by atoms with Gasteiger partial charge in [0.05, 0.1) is 6.10 Å². The molecule has 2 aliphatic carbocycles. The largest absolute Gasteiger partial charge is 0.378 e. The first kappa shape index (κ1) is 35.3. The minimum atomic E-state index is 0. The van der Waals surface area contributed by atoms with Gasteiger partial charge >= 0.3 is 0 Å². The summed E-state index contributed by atoms with van der Waals surface area (Å²) in [7, 11) is 0. The van der Waals surface area contributed by atoms with E-state index in [4.69, 9.17) is 4.74 Å². The maximum Gasteiger partial charge on any atom is 0.0547 e. The van der Waals surface area contributed by atoms with Gasteiger partial charge in [-0.25, -0.2) is 0 Å². The Hall–Kier alpha value is -0.820. The van der Waals surface area contributed by atoms with Crippen molar-refractivity contribution >= 4 is 0 Å². The number of benzene rings is 1. The van der Waals surface area contributed by atoms with Gasteiger partial charge < -0.3 is 4.74 Å². The first-order valence-corrected chi connectivity index (χ1v) is 13.8. The lowest BCUT2D eigenvalue weighted by Crippen LogP contribution is -2.21. The van der Waals surface area contributed by atoms with E-state index in [1.807, 2.05) is 0 Å². The minimum Gasteiger partial charge on any atom is -0.378 e. The number of aryl methyl sites for hydroxylation is 2. The standard InChI is InChI=1S/2C8H16.C8H10.C7H14O.2CH4.2H2/c3*1-7-3-5-8(2)6-4-7;1-6-3-4-7(2)8-5-6;;;;/h2*7-8H,3-6H2,1-2H3;3-6H,1-2H3;6-7H,3-5H2,1-2H3;2*1H4;2*1H/i;;;;;;1+1;. The fourth-order valence-corrected chi connectivity index (χ4v) is 4.50. The Labute approximate surface area is 219 Å². The molecule has 2 atom stereocenters. The average molecular weight is 482 g/mol. The molecule has 2 unspecified atom stereocenters. The van der Waals surface area contributed by atoms with E-state index in [1.54, 1.807) is 0 Å². The fraction of sp³-hybridized carbons (Fsp3) is 0.818. The fourth-order valence-electron chi connectivity index (χ4n) is 4.50. The Kier molecular flexibility index (Phi) is 21.2. The van der Waals surface area contributed by atoms with Crippen molar-refractivity contribution in [3.8, 4) is 0 Å². The van der Waals surface area contributed by atoms with Gasteiger partial charge in [0.1, 0.15) is 0 Å². The van der Waals surface area contributed by atoms with Gasteiger partial charge in [-0.3, -0.25) is 0 Å². The lowest BCUT2D eigenvalue weighted by atomic mass is 9.84. The number of ether oxygens (including phenoxy) is 1. The summed E-state index contributed by atoms with van der Waals surface area (Å²) in [5.41, 5.74) is 2.66. The highest BCUT2D eigenvalue weighted by Crippen LogP contribution is 2.28. The van der Waals surface area contributed by atoms with Crippen LogP contribution in [0.2, 0.25) is 0 Å². The lowest BCUT2D eigenvalue weighted by molar-refractivity contribution is 0.000267. The number of hydrogen-bond donors (Lipinski definition) is 0. The van der Waals surface area contributed by atoms with Crippen LogP contribution in [0.3, 0.4) is 0 Å². The summed E-state index contributed by atoms with van der Waals surface area (Å²) < 4.78 is 5.39. The average Bonchev–Trinajstić information content (AvgIpc) is 2.78. The molecule has 0 spiro atoms. The third-order valence-corrected chi connectivity index (χ3v) is 7.56. The maximum atomic E-state index is 5.39. The van der Waals surface area contributed by atoms with Gasteiger partial charge in [0.2, 0.25) is 0 Å². The zero-order valence-electron chi connectivity index (χ0n) is 23.0. The smallest absolute Gasteiger partial charge is 0.0547 e. The Morgan fingerprint density at radius 1 is 0.529 bits per heavy atom. The molecule has 1 heteroatoms. The first-order valence-electron chi connectivity index (χ1n) is 13.8. The zero-order chi connectivity index (χ0) is 23.9. The van der Waals surface area contributed by atoms with E-state index in [2.05, 4.69) is 79.7 Å². The molecule has 0 N–H and O–H groups in total. The molecule has 3 fully saturated rings. The summed E-state index contributed by atoms with van der Waals surface area (Å²) >= 11 is 0. The normalized spacial score (nSPS) is 30.2. The molecule has 0 bridgehead atoms. The second kappa shape index (κ2) is 20.4. The Morgan fingerprint density at radius 3 is 1.00 bits per heavy atom. The molecule has 1 aliphatic heterocycles. The van der Waals surface area contributed by atoms with Crippen LogP contribution in [0.15, 0.2) is 24.3 Å². The first-order chi connectivity index (χ1) is 15.2. The summed E-state index contributed by atoms with van der Waals surface area (Å²) in [6.45, 7) is 19.0. The van der Waals surface area contributed by atoms with E-state index in [0.717, 1.165) is 36.2 Å². The predicted octanol–water partition coefficient (Wildman–Crippen LogP) is 11.6. The lowest BCUT2D eigenvalue weighted by Gasteiger charge is -2.23. The van der Waals surface area contributed by atoms with Crippen molar-refractivity contribution in [1.82, 2.24) is 0 Å². The van der Waals surface area contributed by atoms with Crippen molar-refractivity contribution in [2.24, 2.45) is 29.6 Å². The van der Waals surface area contributed by atoms with Gasteiger partial charge in [0, 0.05) is 9.46 Å². The van der Waals surface area contributed by atoms with Crippen LogP contribution in [0.1, 0.15) is 135 Å². The van der Waals surface area contributed by atoms with E-state index in [1.165, 1.54) is 75.3 Å². The molecule has 1 nitrogen and oxygen atoms in total.